The van der Waals surface area contributed by atoms with Crippen LogP contribution in [-0.2, 0) is 11.3 Å². The zero-order chi connectivity index (χ0) is 19.8. The van der Waals surface area contributed by atoms with Gasteiger partial charge in [0.2, 0.25) is 5.91 Å². The number of ether oxygens (including phenoxy) is 1. The lowest BCUT2D eigenvalue weighted by Gasteiger charge is -2.21. The van der Waals surface area contributed by atoms with E-state index >= 15 is 0 Å². The quantitative estimate of drug-likeness (QED) is 0.255. The van der Waals surface area contributed by atoms with Crippen LogP contribution in [0.5, 0.6) is 5.75 Å². The molecule has 1 amide bonds. The molecular weight excluding hydrogens is 479 g/mol. The third kappa shape index (κ3) is 6.62. The van der Waals surface area contributed by atoms with E-state index < -0.39 is 0 Å². The molecule has 1 aliphatic carbocycles. The Morgan fingerprint density at radius 1 is 1.31 bits per heavy atom. The van der Waals surface area contributed by atoms with Gasteiger partial charge < -0.3 is 20.3 Å². The van der Waals surface area contributed by atoms with E-state index in [0.29, 0.717) is 19.1 Å². The fraction of sp³-hybridized carbons (Fsp3) is 0.545. The zero-order valence-corrected chi connectivity index (χ0v) is 19.6. The molecule has 6 nitrogen and oxygen atoms in total. The summed E-state index contributed by atoms with van der Waals surface area (Å²) < 4.78 is 5.71. The highest BCUT2D eigenvalue weighted by molar-refractivity contribution is 14.0. The predicted molar refractivity (Wildman–Crippen MR) is 128 cm³/mol. The first-order valence-corrected chi connectivity index (χ1v) is 10.3. The summed E-state index contributed by atoms with van der Waals surface area (Å²) in [6.45, 7) is 6.39. The number of amides is 1. The molecule has 3 rings (SSSR count). The Kier molecular flexibility index (Phi) is 9.76. The Morgan fingerprint density at radius 3 is 2.79 bits per heavy atom. The first kappa shape index (κ1) is 23.5. The van der Waals surface area contributed by atoms with Crippen molar-refractivity contribution in [3.05, 3.63) is 42.5 Å². The van der Waals surface area contributed by atoms with Gasteiger partial charge in [-0.2, -0.15) is 0 Å². The minimum Gasteiger partial charge on any atom is -0.489 e. The third-order valence-corrected chi connectivity index (χ3v) is 5.54. The Labute approximate surface area is 191 Å². The van der Waals surface area contributed by atoms with Gasteiger partial charge >= 0.3 is 0 Å². The maximum absolute atomic E-state index is 12.6. The van der Waals surface area contributed by atoms with Crippen LogP contribution >= 0.6 is 24.0 Å². The first-order chi connectivity index (χ1) is 13.7. The lowest BCUT2D eigenvalue weighted by atomic mass is 10.1. The fourth-order valence-corrected chi connectivity index (χ4v) is 4.02. The maximum Gasteiger partial charge on any atom is 0.225 e. The molecule has 1 unspecified atom stereocenters. The number of hydrogen-bond acceptors (Lipinski definition) is 3. The highest BCUT2D eigenvalue weighted by atomic mass is 127. The summed E-state index contributed by atoms with van der Waals surface area (Å²) in [5.74, 6) is 2.19. The molecule has 160 valence electrons. The van der Waals surface area contributed by atoms with Gasteiger partial charge in [-0.1, -0.05) is 43.7 Å². The summed E-state index contributed by atoms with van der Waals surface area (Å²) in [5, 5.41) is 6.82. The summed E-state index contributed by atoms with van der Waals surface area (Å²) in [6.07, 6.45) is 7.20. The third-order valence-electron chi connectivity index (χ3n) is 5.54. The topological polar surface area (TPSA) is 66.0 Å². The number of carbonyl (C=O) groups is 1. The molecule has 0 aromatic heterocycles. The van der Waals surface area contributed by atoms with Gasteiger partial charge in [0.1, 0.15) is 12.4 Å². The normalized spacial score (nSPS) is 19.6. The van der Waals surface area contributed by atoms with Crippen LogP contribution in [0.3, 0.4) is 0 Å². The number of likely N-dealkylation sites (tertiary alicyclic amines) is 1. The highest BCUT2D eigenvalue weighted by Crippen LogP contribution is 2.27. The minimum absolute atomic E-state index is 0. The lowest BCUT2D eigenvalue weighted by Crippen LogP contribution is -2.45. The van der Waals surface area contributed by atoms with E-state index in [1.165, 1.54) is 12.8 Å². The molecule has 2 fully saturated rings. The molecule has 2 aliphatic rings. The Morgan fingerprint density at radius 2 is 2.07 bits per heavy atom. The maximum atomic E-state index is 12.6. The van der Waals surface area contributed by atoms with Crippen molar-refractivity contribution in [2.45, 2.75) is 44.7 Å². The molecule has 1 saturated heterocycles. The highest BCUT2D eigenvalue weighted by Gasteiger charge is 2.32. The van der Waals surface area contributed by atoms with Crippen LogP contribution in [0.4, 0.5) is 0 Å². The number of guanidine groups is 1. The summed E-state index contributed by atoms with van der Waals surface area (Å²) in [4.78, 5) is 19.0. The summed E-state index contributed by atoms with van der Waals surface area (Å²) in [7, 11) is 1.77. The molecule has 0 spiro atoms. The van der Waals surface area contributed by atoms with Gasteiger partial charge in [-0.15, -0.1) is 24.0 Å². The van der Waals surface area contributed by atoms with Gasteiger partial charge in [-0.05, 0) is 25.3 Å². The van der Waals surface area contributed by atoms with Crippen molar-refractivity contribution in [1.82, 2.24) is 15.5 Å². The number of halogens is 1. The van der Waals surface area contributed by atoms with Crippen molar-refractivity contribution >= 4 is 35.8 Å². The number of aliphatic imine (C=N–C) groups is 1. The second-order valence-corrected chi connectivity index (χ2v) is 7.53. The summed E-state index contributed by atoms with van der Waals surface area (Å²) >= 11 is 0. The molecule has 1 aromatic carbocycles. The Hall–Kier alpha value is -1.77. The molecule has 0 bridgehead atoms. The summed E-state index contributed by atoms with van der Waals surface area (Å²) in [6, 6.07) is 8.20. The number of nitrogens with zero attached hydrogens (tertiary/aromatic N) is 2. The van der Waals surface area contributed by atoms with Crippen molar-refractivity contribution < 1.29 is 9.53 Å². The minimum atomic E-state index is 0. The number of rotatable bonds is 7. The Bertz CT molecular complexity index is 704. The van der Waals surface area contributed by atoms with Crippen molar-refractivity contribution in [3.63, 3.8) is 0 Å². The van der Waals surface area contributed by atoms with Crippen LogP contribution in [0.2, 0.25) is 0 Å². The van der Waals surface area contributed by atoms with E-state index in [1.54, 1.807) is 13.1 Å². The lowest BCUT2D eigenvalue weighted by molar-refractivity contribution is -0.134. The predicted octanol–water partition coefficient (Wildman–Crippen LogP) is 3.33. The van der Waals surface area contributed by atoms with Crippen LogP contribution in [0.25, 0.3) is 0 Å². The number of hydrogen-bond donors (Lipinski definition) is 2. The van der Waals surface area contributed by atoms with Gasteiger partial charge in [0.15, 0.2) is 5.96 Å². The molecular formula is C22H33IN4O2. The smallest absolute Gasteiger partial charge is 0.225 e. The van der Waals surface area contributed by atoms with E-state index in [9.17, 15) is 4.79 Å². The monoisotopic (exact) mass is 512 g/mol. The molecule has 1 heterocycles. The van der Waals surface area contributed by atoms with Crippen LogP contribution in [0.15, 0.2) is 41.9 Å². The number of carbonyl (C=O) groups excluding carboxylic acids is 1. The van der Waals surface area contributed by atoms with Gasteiger partial charge in [-0.3, -0.25) is 9.79 Å². The SMILES string of the molecule is C=CCOc1ccccc1CNC(=NC)NC1CCN(C(=O)C2CCCC2)C1.I. The zero-order valence-electron chi connectivity index (χ0n) is 17.2. The van der Waals surface area contributed by atoms with Crippen molar-refractivity contribution in [1.29, 1.82) is 0 Å². The molecule has 1 aromatic rings. The van der Waals surface area contributed by atoms with Gasteiger partial charge in [0.05, 0.1) is 0 Å². The van der Waals surface area contributed by atoms with E-state index in [4.69, 9.17) is 4.74 Å². The second-order valence-electron chi connectivity index (χ2n) is 7.53. The van der Waals surface area contributed by atoms with Crippen molar-refractivity contribution in [2.24, 2.45) is 10.9 Å². The molecule has 7 heteroatoms. The van der Waals surface area contributed by atoms with Gasteiger partial charge in [0.25, 0.3) is 0 Å². The van der Waals surface area contributed by atoms with Crippen LogP contribution in [0, 0.1) is 5.92 Å². The number of para-hydroxylation sites is 1. The molecule has 1 atom stereocenters. The molecule has 2 N–H and O–H groups in total. The second kappa shape index (κ2) is 12.0. The number of nitrogens with one attached hydrogen (secondary N) is 2. The van der Waals surface area contributed by atoms with Gasteiger partial charge in [0, 0.05) is 44.2 Å². The summed E-state index contributed by atoms with van der Waals surface area (Å²) in [5.41, 5.74) is 1.07. The Balaban J connectivity index is 0.00000300. The average molecular weight is 512 g/mol. The van der Waals surface area contributed by atoms with Crippen molar-refractivity contribution in [3.8, 4) is 5.75 Å². The van der Waals surface area contributed by atoms with Crippen LogP contribution in [0.1, 0.15) is 37.7 Å². The van der Waals surface area contributed by atoms with Gasteiger partial charge in [-0.25, -0.2) is 0 Å². The fourth-order valence-electron chi connectivity index (χ4n) is 4.02. The molecule has 29 heavy (non-hydrogen) atoms. The van der Waals surface area contributed by atoms with E-state index in [1.807, 2.05) is 29.2 Å². The largest absolute Gasteiger partial charge is 0.489 e. The van der Waals surface area contributed by atoms with Crippen LogP contribution < -0.4 is 15.4 Å². The first-order valence-electron chi connectivity index (χ1n) is 10.3. The standard InChI is InChI=1S/C22H32N4O2.HI/c1-3-14-28-20-11-7-6-10-18(20)15-24-22(23-2)25-19-12-13-26(16-19)21(27)17-8-4-5-9-17;/h3,6-7,10-11,17,19H,1,4-5,8-9,12-16H2,2H3,(H2,23,24,25);1H. The van der Waals surface area contributed by atoms with E-state index in [0.717, 1.165) is 49.6 Å². The van der Waals surface area contributed by atoms with Crippen LogP contribution in [-0.4, -0.2) is 49.6 Å². The van der Waals surface area contributed by atoms with Crippen molar-refractivity contribution in [2.75, 3.05) is 26.7 Å². The molecule has 1 saturated carbocycles. The molecule has 1 aliphatic heterocycles. The number of benzene rings is 1. The molecule has 0 radical (unpaired) electrons. The average Bonchev–Trinajstić information content (AvgIpc) is 3.42. The van der Waals surface area contributed by atoms with E-state index in [-0.39, 0.29) is 35.9 Å². The van der Waals surface area contributed by atoms with E-state index in [2.05, 4.69) is 22.2 Å².